The quantitative estimate of drug-likeness (QED) is 0.181. The zero-order valence-electron chi connectivity index (χ0n) is 31.5. The number of hydrogen-bond acceptors (Lipinski definition) is 3. The fourth-order valence-corrected chi connectivity index (χ4v) is 9.61. The summed E-state index contributed by atoms with van der Waals surface area (Å²) in [5, 5.41) is 2.36. The van der Waals surface area contributed by atoms with Crippen LogP contribution in [0, 0.1) is 0 Å². The monoisotopic (exact) mass is 708 g/mol. The van der Waals surface area contributed by atoms with E-state index in [-0.39, 0.29) is 10.8 Å². The van der Waals surface area contributed by atoms with Crippen molar-refractivity contribution in [3.05, 3.63) is 192 Å². The SMILES string of the molecule is CC1(C)c2ccccc2-c2ccc(N(c3ccc(-c4ccccc4)cc3)c3ccc4c5c3Oc3ccc6ccccc6c3N5c3ccccc3C4(C)C)cc21. The number of anilines is 6. The van der Waals surface area contributed by atoms with Gasteiger partial charge in [0.25, 0.3) is 0 Å². The predicted octanol–water partition coefficient (Wildman–Crippen LogP) is 14.5. The summed E-state index contributed by atoms with van der Waals surface area (Å²) in [5.74, 6) is 1.71. The molecule has 8 aromatic carbocycles. The Kier molecular flexibility index (Phi) is 6.65. The van der Waals surface area contributed by atoms with Crippen molar-refractivity contribution in [3.8, 4) is 33.8 Å². The van der Waals surface area contributed by atoms with Gasteiger partial charge < -0.3 is 14.5 Å². The molecule has 11 rings (SSSR count). The molecular weight excluding hydrogens is 669 g/mol. The topological polar surface area (TPSA) is 15.7 Å². The Labute approximate surface area is 322 Å². The maximum Gasteiger partial charge on any atom is 0.175 e. The second-order valence-electron chi connectivity index (χ2n) is 16.2. The van der Waals surface area contributed by atoms with Crippen molar-refractivity contribution in [1.29, 1.82) is 0 Å². The molecule has 3 aliphatic rings. The first-order valence-electron chi connectivity index (χ1n) is 19.3. The van der Waals surface area contributed by atoms with Crippen LogP contribution in [0.4, 0.5) is 34.1 Å². The van der Waals surface area contributed by atoms with Gasteiger partial charge >= 0.3 is 0 Å². The number of nitrogens with zero attached hydrogens (tertiary/aromatic N) is 2. The number of para-hydroxylation sites is 1. The van der Waals surface area contributed by atoms with Gasteiger partial charge in [-0.3, -0.25) is 0 Å². The molecule has 0 spiro atoms. The van der Waals surface area contributed by atoms with Gasteiger partial charge in [0, 0.05) is 27.6 Å². The Bertz CT molecular complexity index is 2850. The fourth-order valence-electron chi connectivity index (χ4n) is 9.61. The summed E-state index contributed by atoms with van der Waals surface area (Å²) in [7, 11) is 0. The van der Waals surface area contributed by atoms with Crippen molar-refractivity contribution in [1.82, 2.24) is 0 Å². The highest BCUT2D eigenvalue weighted by molar-refractivity contribution is 6.07. The van der Waals surface area contributed by atoms with Gasteiger partial charge in [-0.25, -0.2) is 0 Å². The van der Waals surface area contributed by atoms with E-state index in [4.69, 9.17) is 4.74 Å². The van der Waals surface area contributed by atoms with Crippen LogP contribution < -0.4 is 14.5 Å². The van der Waals surface area contributed by atoms with Crippen molar-refractivity contribution in [3.63, 3.8) is 0 Å². The molecule has 3 nitrogen and oxygen atoms in total. The molecule has 0 aromatic heterocycles. The zero-order valence-corrected chi connectivity index (χ0v) is 31.5. The molecule has 0 amide bonds. The second kappa shape index (κ2) is 11.5. The summed E-state index contributed by atoms with van der Waals surface area (Å²) in [6, 6.07) is 62.0. The molecule has 0 saturated heterocycles. The largest absolute Gasteiger partial charge is 0.451 e. The molecule has 0 fully saturated rings. The van der Waals surface area contributed by atoms with E-state index in [0.717, 1.165) is 39.9 Å². The van der Waals surface area contributed by atoms with Crippen LogP contribution in [-0.2, 0) is 10.8 Å². The van der Waals surface area contributed by atoms with E-state index in [2.05, 4.69) is 207 Å². The Balaban J connectivity index is 1.17. The molecule has 0 unspecified atom stereocenters. The minimum Gasteiger partial charge on any atom is -0.451 e. The van der Waals surface area contributed by atoms with Crippen LogP contribution in [0.3, 0.4) is 0 Å². The summed E-state index contributed by atoms with van der Waals surface area (Å²) >= 11 is 0. The smallest absolute Gasteiger partial charge is 0.175 e. The van der Waals surface area contributed by atoms with Crippen LogP contribution in [0.15, 0.2) is 170 Å². The third-order valence-corrected chi connectivity index (χ3v) is 12.4. The standard InChI is InChI=1S/C52H40N2O/c1-51(2)41-19-11-10-18-39(41)40-28-27-37(32-44(40)51)53(36-25-22-34(23-26-36)33-14-6-5-7-15-33)46-30-29-43-49-50(46)55-47-31-24-35-16-8-9-17-38(35)48(47)54(49)45-21-13-12-20-42(45)52(43,3)4/h5-32H,1-4H3. The first-order chi connectivity index (χ1) is 26.8. The second-order valence-corrected chi connectivity index (χ2v) is 16.2. The number of ether oxygens (including phenoxy) is 1. The highest BCUT2D eigenvalue weighted by Crippen LogP contribution is 2.64. The minimum atomic E-state index is -0.257. The molecule has 1 aliphatic carbocycles. The maximum atomic E-state index is 7.29. The third kappa shape index (κ3) is 4.50. The molecule has 55 heavy (non-hydrogen) atoms. The molecule has 2 heterocycles. The highest BCUT2D eigenvalue weighted by Gasteiger charge is 2.44. The van der Waals surface area contributed by atoms with E-state index in [9.17, 15) is 0 Å². The van der Waals surface area contributed by atoms with Crippen molar-refractivity contribution in [2.24, 2.45) is 0 Å². The molecule has 264 valence electrons. The molecule has 2 aliphatic heterocycles. The van der Waals surface area contributed by atoms with Crippen molar-refractivity contribution in [2.75, 3.05) is 9.80 Å². The lowest BCUT2D eigenvalue weighted by molar-refractivity contribution is 0.473. The molecule has 0 saturated carbocycles. The summed E-state index contributed by atoms with van der Waals surface area (Å²) in [5.41, 5.74) is 16.4. The third-order valence-electron chi connectivity index (χ3n) is 12.4. The van der Waals surface area contributed by atoms with Crippen LogP contribution in [-0.4, -0.2) is 0 Å². The molecule has 0 radical (unpaired) electrons. The molecular formula is C52H40N2O. The van der Waals surface area contributed by atoms with Crippen molar-refractivity contribution in [2.45, 2.75) is 38.5 Å². The van der Waals surface area contributed by atoms with Gasteiger partial charge in [0.1, 0.15) is 0 Å². The Hall–Kier alpha value is -6.58. The van der Waals surface area contributed by atoms with Crippen LogP contribution in [0.25, 0.3) is 33.0 Å². The molecule has 3 heteroatoms. The minimum absolute atomic E-state index is 0.143. The average molecular weight is 709 g/mol. The van der Waals surface area contributed by atoms with Gasteiger partial charge in [-0.2, -0.15) is 0 Å². The molecule has 0 atom stereocenters. The predicted molar refractivity (Wildman–Crippen MR) is 229 cm³/mol. The van der Waals surface area contributed by atoms with Gasteiger partial charge in [-0.05, 0) is 92.4 Å². The molecule has 0 bridgehead atoms. The first-order valence-corrected chi connectivity index (χ1v) is 19.3. The fraction of sp³-hybridized carbons (Fsp3) is 0.115. The number of benzene rings is 8. The van der Waals surface area contributed by atoms with E-state index < -0.39 is 0 Å². The zero-order chi connectivity index (χ0) is 37.1. The number of hydrogen-bond donors (Lipinski definition) is 0. The Morgan fingerprint density at radius 2 is 1.13 bits per heavy atom. The van der Waals surface area contributed by atoms with Gasteiger partial charge in [-0.15, -0.1) is 0 Å². The van der Waals surface area contributed by atoms with Gasteiger partial charge in [0.05, 0.1) is 22.7 Å². The van der Waals surface area contributed by atoms with Crippen LogP contribution >= 0.6 is 0 Å². The highest BCUT2D eigenvalue weighted by atomic mass is 16.5. The van der Waals surface area contributed by atoms with Crippen LogP contribution in [0.1, 0.15) is 49.9 Å². The Morgan fingerprint density at radius 1 is 0.473 bits per heavy atom. The van der Waals surface area contributed by atoms with Gasteiger partial charge in [0.15, 0.2) is 11.5 Å². The summed E-state index contributed by atoms with van der Waals surface area (Å²) < 4.78 is 7.29. The average Bonchev–Trinajstić information content (AvgIpc) is 3.45. The van der Waals surface area contributed by atoms with Crippen molar-refractivity contribution >= 4 is 44.9 Å². The van der Waals surface area contributed by atoms with Gasteiger partial charge in [-0.1, -0.05) is 155 Å². The summed E-state index contributed by atoms with van der Waals surface area (Å²) in [4.78, 5) is 4.89. The number of rotatable bonds is 4. The molecule has 0 N–H and O–H groups in total. The van der Waals surface area contributed by atoms with Crippen molar-refractivity contribution < 1.29 is 4.74 Å². The maximum absolute atomic E-state index is 7.29. The van der Waals surface area contributed by atoms with E-state index in [1.165, 1.54) is 61.0 Å². The number of fused-ring (bicyclic) bond motifs is 9. The lowest BCUT2D eigenvalue weighted by atomic mass is 9.73. The Morgan fingerprint density at radius 3 is 1.96 bits per heavy atom. The van der Waals surface area contributed by atoms with Crippen LogP contribution in [0.2, 0.25) is 0 Å². The normalized spacial score (nSPS) is 14.9. The van der Waals surface area contributed by atoms with E-state index >= 15 is 0 Å². The van der Waals surface area contributed by atoms with Crippen LogP contribution in [0.5, 0.6) is 11.5 Å². The summed E-state index contributed by atoms with van der Waals surface area (Å²) in [6.07, 6.45) is 0. The lowest BCUT2D eigenvalue weighted by Gasteiger charge is -2.46. The van der Waals surface area contributed by atoms with Gasteiger partial charge in [0.2, 0.25) is 0 Å². The lowest BCUT2D eigenvalue weighted by Crippen LogP contribution is -2.33. The summed E-state index contributed by atoms with van der Waals surface area (Å²) in [6.45, 7) is 9.39. The van der Waals surface area contributed by atoms with E-state index in [0.29, 0.717) is 0 Å². The van der Waals surface area contributed by atoms with E-state index in [1.807, 2.05) is 0 Å². The first kappa shape index (κ1) is 31.9. The van der Waals surface area contributed by atoms with E-state index in [1.54, 1.807) is 0 Å². The molecule has 8 aromatic rings.